The van der Waals surface area contributed by atoms with Gasteiger partial charge in [0.1, 0.15) is 5.54 Å². The van der Waals surface area contributed by atoms with Gasteiger partial charge in [-0.3, -0.25) is 10.1 Å². The molecule has 10 heavy (non-hydrogen) atoms. The molecule has 4 heteroatoms. The average Bonchev–Trinajstić information content (AvgIpc) is 2.64. The van der Waals surface area contributed by atoms with Crippen LogP contribution in [0.15, 0.2) is 0 Å². The molecule has 1 saturated carbocycles. The fourth-order valence-electron chi connectivity index (χ4n) is 0.886. The molecule has 1 fully saturated rings. The summed E-state index contributed by atoms with van der Waals surface area (Å²) in [6.45, 7) is 0.362. The fourth-order valence-corrected chi connectivity index (χ4v) is 0.886. The normalized spacial score (nSPS) is 20.5. The molecule has 0 atom stereocenters. The number of nitrogens with one attached hydrogen (secondary N) is 1. The zero-order valence-corrected chi connectivity index (χ0v) is 5.63. The van der Waals surface area contributed by atoms with Crippen LogP contribution < -0.4 is 5.32 Å². The number of rotatable bonds is 4. The Balaban J connectivity index is 2.31. The van der Waals surface area contributed by atoms with E-state index >= 15 is 0 Å². The van der Waals surface area contributed by atoms with Crippen molar-refractivity contribution in [3.8, 4) is 0 Å². The molecule has 0 radical (unpaired) electrons. The molecule has 0 unspecified atom stereocenters. The van der Waals surface area contributed by atoms with Gasteiger partial charge >= 0.3 is 5.97 Å². The number of hydrogen-bond acceptors (Lipinski definition) is 3. The van der Waals surface area contributed by atoms with E-state index in [4.69, 9.17) is 10.2 Å². The molecule has 0 heterocycles. The van der Waals surface area contributed by atoms with E-state index in [1.165, 1.54) is 0 Å². The van der Waals surface area contributed by atoms with Crippen LogP contribution in [0.4, 0.5) is 0 Å². The molecular weight excluding hydrogens is 134 g/mol. The van der Waals surface area contributed by atoms with Gasteiger partial charge in [-0.25, -0.2) is 0 Å². The molecule has 1 aliphatic rings. The van der Waals surface area contributed by atoms with E-state index in [1.54, 1.807) is 0 Å². The largest absolute Gasteiger partial charge is 0.480 e. The Morgan fingerprint density at radius 1 is 1.60 bits per heavy atom. The maximum atomic E-state index is 10.4. The Bertz CT molecular complexity index is 142. The van der Waals surface area contributed by atoms with E-state index in [0.29, 0.717) is 19.4 Å². The third-order valence-corrected chi connectivity index (χ3v) is 1.73. The van der Waals surface area contributed by atoms with Crippen molar-refractivity contribution in [1.29, 1.82) is 0 Å². The monoisotopic (exact) mass is 145 g/mol. The summed E-state index contributed by atoms with van der Waals surface area (Å²) in [4.78, 5) is 10.4. The van der Waals surface area contributed by atoms with E-state index in [-0.39, 0.29) is 6.61 Å². The minimum Gasteiger partial charge on any atom is -0.480 e. The van der Waals surface area contributed by atoms with Crippen molar-refractivity contribution in [3.63, 3.8) is 0 Å². The molecule has 0 amide bonds. The smallest absolute Gasteiger partial charge is 0.323 e. The Labute approximate surface area is 58.9 Å². The minimum absolute atomic E-state index is 0.00493. The molecule has 3 N–H and O–H groups in total. The van der Waals surface area contributed by atoms with E-state index in [0.717, 1.165) is 0 Å². The van der Waals surface area contributed by atoms with Crippen LogP contribution in [0.5, 0.6) is 0 Å². The van der Waals surface area contributed by atoms with Gasteiger partial charge in [-0.05, 0) is 12.8 Å². The topological polar surface area (TPSA) is 69.6 Å². The van der Waals surface area contributed by atoms with Gasteiger partial charge in [0.05, 0.1) is 6.61 Å². The van der Waals surface area contributed by atoms with Crippen LogP contribution in [0.25, 0.3) is 0 Å². The van der Waals surface area contributed by atoms with E-state index in [9.17, 15) is 4.79 Å². The van der Waals surface area contributed by atoms with Crippen molar-refractivity contribution >= 4 is 5.97 Å². The first-order chi connectivity index (χ1) is 4.71. The molecule has 0 saturated heterocycles. The van der Waals surface area contributed by atoms with Crippen LogP contribution in [0.1, 0.15) is 12.8 Å². The first-order valence-corrected chi connectivity index (χ1v) is 3.30. The first kappa shape index (κ1) is 7.50. The number of hydrogen-bond donors (Lipinski definition) is 3. The summed E-state index contributed by atoms with van der Waals surface area (Å²) in [7, 11) is 0. The quantitative estimate of drug-likeness (QED) is 0.483. The van der Waals surface area contributed by atoms with Gasteiger partial charge in [0.25, 0.3) is 0 Å². The molecule has 0 aromatic rings. The van der Waals surface area contributed by atoms with Gasteiger partial charge in [0, 0.05) is 6.54 Å². The standard InChI is InChI=1S/C6H11NO3/c8-4-3-7-6(1-2-6)5(9)10/h7-8H,1-4H2,(H,9,10). The second kappa shape index (κ2) is 2.56. The van der Waals surface area contributed by atoms with E-state index in [2.05, 4.69) is 5.32 Å². The van der Waals surface area contributed by atoms with Crippen LogP contribution in [0, 0.1) is 0 Å². The van der Waals surface area contributed by atoms with Crippen LogP contribution in [-0.4, -0.2) is 34.9 Å². The van der Waals surface area contributed by atoms with Crippen molar-refractivity contribution in [2.75, 3.05) is 13.2 Å². The zero-order chi connectivity index (χ0) is 7.61. The van der Waals surface area contributed by atoms with Gasteiger partial charge < -0.3 is 10.2 Å². The molecule has 4 nitrogen and oxygen atoms in total. The third kappa shape index (κ3) is 1.27. The highest BCUT2D eigenvalue weighted by Gasteiger charge is 2.49. The van der Waals surface area contributed by atoms with Crippen molar-refractivity contribution in [2.24, 2.45) is 0 Å². The molecular formula is C6H11NO3. The van der Waals surface area contributed by atoms with Crippen LogP contribution in [0.2, 0.25) is 0 Å². The number of β-amino-alcohol motifs (C(OH)–C–C–N with tert-alkyl or cyclic N) is 1. The molecule has 0 spiro atoms. The first-order valence-electron chi connectivity index (χ1n) is 3.30. The van der Waals surface area contributed by atoms with Gasteiger partial charge in [-0.15, -0.1) is 0 Å². The van der Waals surface area contributed by atoms with Crippen LogP contribution in [-0.2, 0) is 4.79 Å². The van der Waals surface area contributed by atoms with Gasteiger partial charge in [-0.1, -0.05) is 0 Å². The number of carboxylic acids is 1. The zero-order valence-electron chi connectivity index (χ0n) is 5.63. The molecule has 1 aliphatic carbocycles. The third-order valence-electron chi connectivity index (χ3n) is 1.73. The van der Waals surface area contributed by atoms with Crippen molar-refractivity contribution in [1.82, 2.24) is 5.32 Å². The van der Waals surface area contributed by atoms with Crippen molar-refractivity contribution in [2.45, 2.75) is 18.4 Å². The summed E-state index contributed by atoms with van der Waals surface area (Å²) in [6, 6.07) is 0. The summed E-state index contributed by atoms with van der Waals surface area (Å²) in [5.74, 6) is -0.805. The lowest BCUT2D eigenvalue weighted by atomic mass is 10.3. The van der Waals surface area contributed by atoms with E-state index < -0.39 is 11.5 Å². The Kier molecular flexibility index (Phi) is 1.92. The second-order valence-electron chi connectivity index (χ2n) is 2.54. The van der Waals surface area contributed by atoms with Crippen LogP contribution >= 0.6 is 0 Å². The number of carbonyl (C=O) groups is 1. The lowest BCUT2D eigenvalue weighted by Crippen LogP contribution is -2.40. The van der Waals surface area contributed by atoms with Gasteiger partial charge in [0.15, 0.2) is 0 Å². The molecule has 0 aliphatic heterocycles. The number of carboxylic acid groups (broad SMARTS) is 1. The molecule has 58 valence electrons. The van der Waals surface area contributed by atoms with Gasteiger partial charge in [0.2, 0.25) is 0 Å². The average molecular weight is 145 g/mol. The highest BCUT2D eigenvalue weighted by atomic mass is 16.4. The number of aliphatic hydroxyl groups excluding tert-OH is 1. The summed E-state index contributed by atoms with van der Waals surface area (Å²) >= 11 is 0. The highest BCUT2D eigenvalue weighted by molar-refractivity contribution is 5.82. The van der Waals surface area contributed by atoms with Crippen molar-refractivity contribution < 1.29 is 15.0 Å². The Morgan fingerprint density at radius 2 is 2.20 bits per heavy atom. The SMILES string of the molecule is O=C(O)C1(NCCO)CC1. The lowest BCUT2D eigenvalue weighted by molar-refractivity contribution is -0.140. The van der Waals surface area contributed by atoms with E-state index in [1.807, 2.05) is 0 Å². The highest BCUT2D eigenvalue weighted by Crippen LogP contribution is 2.35. The lowest BCUT2D eigenvalue weighted by Gasteiger charge is -2.09. The fraction of sp³-hybridized carbons (Fsp3) is 0.833. The molecule has 0 bridgehead atoms. The van der Waals surface area contributed by atoms with Gasteiger partial charge in [-0.2, -0.15) is 0 Å². The summed E-state index contributed by atoms with van der Waals surface area (Å²) in [5, 5.41) is 19.7. The molecule has 0 aromatic carbocycles. The summed E-state index contributed by atoms with van der Waals surface area (Å²) < 4.78 is 0. The van der Waals surface area contributed by atoms with Crippen molar-refractivity contribution in [3.05, 3.63) is 0 Å². The minimum atomic E-state index is -0.805. The predicted molar refractivity (Wildman–Crippen MR) is 34.7 cm³/mol. The molecule has 1 rings (SSSR count). The Hall–Kier alpha value is -0.610. The number of aliphatic hydroxyl groups is 1. The maximum Gasteiger partial charge on any atom is 0.323 e. The number of aliphatic carboxylic acids is 1. The molecule has 0 aromatic heterocycles. The second-order valence-corrected chi connectivity index (χ2v) is 2.54. The summed E-state index contributed by atoms with van der Waals surface area (Å²) in [5.41, 5.74) is -0.692. The summed E-state index contributed by atoms with van der Waals surface area (Å²) in [6.07, 6.45) is 1.37. The Morgan fingerprint density at radius 3 is 2.50 bits per heavy atom. The predicted octanol–water partition coefficient (Wildman–Crippen LogP) is -0.815. The van der Waals surface area contributed by atoms with Crippen LogP contribution in [0.3, 0.4) is 0 Å². The maximum absolute atomic E-state index is 10.4.